The van der Waals surface area contributed by atoms with Crippen LogP contribution in [-0.4, -0.2) is 25.4 Å². The van der Waals surface area contributed by atoms with E-state index in [9.17, 15) is 0 Å². The SMILES string of the molecule is CCOC1C=CC(C23CCCC(OCC)C(C)CC2C(C)C2CCCCC23)CC1. The van der Waals surface area contributed by atoms with Crippen LogP contribution in [0.1, 0.15) is 91.9 Å². The average molecular weight is 403 g/mol. The molecule has 0 saturated heterocycles. The highest BCUT2D eigenvalue weighted by Crippen LogP contribution is 2.67. The molecule has 0 radical (unpaired) electrons. The third-order valence-electron chi connectivity index (χ3n) is 9.64. The van der Waals surface area contributed by atoms with Crippen molar-refractivity contribution in [2.45, 2.75) is 104 Å². The second-order valence-electron chi connectivity index (χ2n) is 10.8. The van der Waals surface area contributed by atoms with Gasteiger partial charge in [-0.1, -0.05) is 45.3 Å². The Hall–Kier alpha value is -0.340. The molecule has 9 unspecified atom stereocenters. The highest BCUT2D eigenvalue weighted by atomic mass is 16.5. The zero-order valence-electron chi connectivity index (χ0n) is 19.6. The molecule has 29 heavy (non-hydrogen) atoms. The van der Waals surface area contributed by atoms with Crippen molar-refractivity contribution in [3.63, 3.8) is 0 Å². The molecule has 0 N–H and O–H groups in total. The fraction of sp³-hybridized carbons (Fsp3) is 0.926. The van der Waals surface area contributed by atoms with Crippen LogP contribution in [0.3, 0.4) is 0 Å². The number of ether oxygens (including phenoxy) is 2. The molecule has 4 rings (SSSR count). The lowest BCUT2D eigenvalue weighted by atomic mass is 9.54. The first-order valence-corrected chi connectivity index (χ1v) is 13.0. The van der Waals surface area contributed by atoms with Crippen molar-refractivity contribution in [3.8, 4) is 0 Å². The molecule has 3 fully saturated rings. The van der Waals surface area contributed by atoms with Crippen LogP contribution in [0.4, 0.5) is 0 Å². The minimum absolute atomic E-state index is 0.363. The quantitative estimate of drug-likeness (QED) is 0.459. The van der Waals surface area contributed by atoms with E-state index in [1.165, 1.54) is 64.2 Å². The topological polar surface area (TPSA) is 18.5 Å². The van der Waals surface area contributed by atoms with Gasteiger partial charge in [0.2, 0.25) is 0 Å². The summed E-state index contributed by atoms with van der Waals surface area (Å²) in [6.07, 6.45) is 19.9. The number of rotatable bonds is 5. The van der Waals surface area contributed by atoms with Gasteiger partial charge in [-0.05, 0) is 99.7 Å². The Morgan fingerprint density at radius 3 is 2.34 bits per heavy atom. The van der Waals surface area contributed by atoms with Crippen LogP contribution in [0.5, 0.6) is 0 Å². The number of fused-ring (bicyclic) bond motifs is 3. The Kier molecular flexibility index (Phi) is 7.11. The van der Waals surface area contributed by atoms with Gasteiger partial charge >= 0.3 is 0 Å². The summed E-state index contributed by atoms with van der Waals surface area (Å²) in [5.41, 5.74) is 0.545. The molecule has 0 aromatic heterocycles. The lowest BCUT2D eigenvalue weighted by Gasteiger charge is -2.51. The van der Waals surface area contributed by atoms with Crippen LogP contribution in [0.25, 0.3) is 0 Å². The molecule has 0 bridgehead atoms. The van der Waals surface area contributed by atoms with Gasteiger partial charge < -0.3 is 9.47 Å². The van der Waals surface area contributed by atoms with Crippen molar-refractivity contribution >= 4 is 0 Å². The van der Waals surface area contributed by atoms with E-state index in [1.807, 2.05) is 0 Å². The van der Waals surface area contributed by atoms with Crippen molar-refractivity contribution < 1.29 is 9.47 Å². The summed E-state index contributed by atoms with van der Waals surface area (Å²) in [5.74, 6) is 5.18. The maximum absolute atomic E-state index is 6.22. The van der Waals surface area contributed by atoms with Crippen molar-refractivity contribution in [1.29, 1.82) is 0 Å². The van der Waals surface area contributed by atoms with E-state index in [0.29, 0.717) is 23.5 Å². The molecule has 0 spiro atoms. The lowest BCUT2D eigenvalue weighted by Crippen LogP contribution is -2.45. The van der Waals surface area contributed by atoms with Gasteiger partial charge in [0.05, 0.1) is 12.2 Å². The van der Waals surface area contributed by atoms with E-state index < -0.39 is 0 Å². The van der Waals surface area contributed by atoms with Crippen molar-refractivity contribution in [2.75, 3.05) is 13.2 Å². The normalized spacial score (nSPS) is 47.9. The van der Waals surface area contributed by atoms with E-state index in [2.05, 4.69) is 39.8 Å². The van der Waals surface area contributed by atoms with Crippen molar-refractivity contribution in [1.82, 2.24) is 0 Å². The summed E-state index contributed by atoms with van der Waals surface area (Å²) in [4.78, 5) is 0. The van der Waals surface area contributed by atoms with Gasteiger partial charge in [0.1, 0.15) is 0 Å². The summed E-state index contributed by atoms with van der Waals surface area (Å²) in [6.45, 7) is 11.1. The molecule has 2 nitrogen and oxygen atoms in total. The van der Waals surface area contributed by atoms with Gasteiger partial charge in [-0.3, -0.25) is 0 Å². The van der Waals surface area contributed by atoms with Crippen LogP contribution >= 0.6 is 0 Å². The Morgan fingerprint density at radius 2 is 1.62 bits per heavy atom. The third kappa shape index (κ3) is 3.98. The molecule has 0 aromatic carbocycles. The second-order valence-corrected chi connectivity index (χ2v) is 10.8. The number of hydrogen-bond donors (Lipinski definition) is 0. The molecule has 4 aliphatic carbocycles. The van der Waals surface area contributed by atoms with Crippen LogP contribution in [0.2, 0.25) is 0 Å². The minimum atomic E-state index is 0.363. The molecule has 166 valence electrons. The average Bonchev–Trinajstić information content (AvgIpc) is 2.96. The summed E-state index contributed by atoms with van der Waals surface area (Å²) in [7, 11) is 0. The zero-order chi connectivity index (χ0) is 20.4. The van der Waals surface area contributed by atoms with Gasteiger partial charge in [0.15, 0.2) is 0 Å². The maximum Gasteiger partial charge on any atom is 0.0756 e. The van der Waals surface area contributed by atoms with E-state index in [-0.39, 0.29) is 0 Å². The van der Waals surface area contributed by atoms with E-state index in [4.69, 9.17) is 9.47 Å². The monoisotopic (exact) mass is 402 g/mol. The summed E-state index contributed by atoms with van der Waals surface area (Å²) in [5, 5.41) is 0. The minimum Gasteiger partial charge on any atom is -0.378 e. The first kappa shape index (κ1) is 21.9. The fourth-order valence-corrected chi connectivity index (χ4v) is 8.56. The largest absolute Gasteiger partial charge is 0.378 e. The second kappa shape index (κ2) is 9.43. The lowest BCUT2D eigenvalue weighted by molar-refractivity contribution is -0.0461. The molecule has 0 heterocycles. The van der Waals surface area contributed by atoms with Gasteiger partial charge in [-0.2, -0.15) is 0 Å². The van der Waals surface area contributed by atoms with E-state index in [1.54, 1.807) is 0 Å². The predicted octanol–water partition coefficient (Wildman–Crippen LogP) is 7.03. The molecule has 0 amide bonds. The van der Waals surface area contributed by atoms with Gasteiger partial charge in [-0.25, -0.2) is 0 Å². The van der Waals surface area contributed by atoms with Crippen LogP contribution < -0.4 is 0 Å². The Labute approximate surface area is 180 Å². The molecule has 0 aliphatic heterocycles. The number of allylic oxidation sites excluding steroid dienone is 1. The molecule has 3 saturated carbocycles. The summed E-state index contributed by atoms with van der Waals surface area (Å²) < 4.78 is 12.2. The standard InChI is InChI=1S/C27H46O2/c1-5-28-22-15-13-21(14-16-22)27-17-9-12-26(29-6-2)19(3)18-25(27)20(4)23-10-7-8-11-24(23)27/h13,15,19-26H,5-12,14,16-18H2,1-4H3. The van der Waals surface area contributed by atoms with Gasteiger partial charge in [0, 0.05) is 13.2 Å². The molecular formula is C27H46O2. The van der Waals surface area contributed by atoms with Gasteiger partial charge in [0.25, 0.3) is 0 Å². The molecule has 2 heteroatoms. The fourth-order valence-electron chi connectivity index (χ4n) is 8.56. The van der Waals surface area contributed by atoms with Crippen molar-refractivity contribution in [2.24, 2.45) is 40.9 Å². The van der Waals surface area contributed by atoms with Crippen molar-refractivity contribution in [3.05, 3.63) is 12.2 Å². The van der Waals surface area contributed by atoms with Crippen LogP contribution in [-0.2, 0) is 9.47 Å². The van der Waals surface area contributed by atoms with E-state index in [0.717, 1.165) is 42.8 Å². The van der Waals surface area contributed by atoms with E-state index >= 15 is 0 Å². The molecule has 4 aliphatic rings. The zero-order valence-corrected chi connectivity index (χ0v) is 19.6. The third-order valence-corrected chi connectivity index (χ3v) is 9.64. The number of hydrogen-bond acceptors (Lipinski definition) is 2. The summed E-state index contributed by atoms with van der Waals surface area (Å²) in [6, 6.07) is 0. The Bertz CT molecular complexity index is 557. The highest BCUT2D eigenvalue weighted by molar-refractivity contribution is 5.15. The predicted molar refractivity (Wildman–Crippen MR) is 121 cm³/mol. The smallest absolute Gasteiger partial charge is 0.0756 e. The highest BCUT2D eigenvalue weighted by Gasteiger charge is 2.61. The first-order valence-electron chi connectivity index (χ1n) is 13.0. The summed E-state index contributed by atoms with van der Waals surface area (Å²) >= 11 is 0. The van der Waals surface area contributed by atoms with Crippen LogP contribution in [0, 0.1) is 40.9 Å². The van der Waals surface area contributed by atoms with Gasteiger partial charge in [-0.15, -0.1) is 0 Å². The Morgan fingerprint density at radius 1 is 0.828 bits per heavy atom. The first-order chi connectivity index (χ1) is 14.1. The molecule has 0 aromatic rings. The van der Waals surface area contributed by atoms with Crippen LogP contribution in [0.15, 0.2) is 12.2 Å². The maximum atomic E-state index is 6.22. The molecule has 9 atom stereocenters. The molecular weight excluding hydrogens is 356 g/mol. The Balaban J connectivity index is 1.66.